The number of hydrogen-bond acceptors (Lipinski definition) is 5. The van der Waals surface area contributed by atoms with Crippen LogP contribution in [-0.2, 0) is 11.2 Å². The average Bonchev–Trinajstić information content (AvgIpc) is 2.72. The van der Waals surface area contributed by atoms with Gasteiger partial charge in [-0.3, -0.25) is 9.59 Å². The number of ether oxygens (including phenoxy) is 1. The Balaban J connectivity index is 1.53. The zero-order valence-electron chi connectivity index (χ0n) is 16.4. The number of nitrogens with zero attached hydrogens (tertiary/aromatic N) is 1. The van der Waals surface area contributed by atoms with Gasteiger partial charge in [0, 0.05) is 18.2 Å². The molecule has 0 amide bonds. The summed E-state index contributed by atoms with van der Waals surface area (Å²) in [5.41, 5.74) is 1.07. The zero-order valence-corrected chi connectivity index (χ0v) is 16.4. The molecule has 1 aliphatic rings. The highest BCUT2D eigenvalue weighted by molar-refractivity contribution is 5.92. The van der Waals surface area contributed by atoms with Gasteiger partial charge in [-0.15, -0.1) is 0 Å². The second-order valence-corrected chi connectivity index (χ2v) is 7.56. The lowest BCUT2D eigenvalue weighted by atomic mass is 10.1. The predicted molar refractivity (Wildman–Crippen MR) is 112 cm³/mol. The number of fused-ring (bicyclic) bond motifs is 2. The van der Waals surface area contributed by atoms with E-state index < -0.39 is 5.97 Å². The van der Waals surface area contributed by atoms with Crippen molar-refractivity contribution in [1.29, 1.82) is 0 Å². The van der Waals surface area contributed by atoms with Crippen LogP contribution in [0.15, 0.2) is 45.6 Å². The number of para-hydroxylation sites is 1. The van der Waals surface area contributed by atoms with Crippen LogP contribution in [-0.4, -0.2) is 42.2 Å². The molecular formula is C23H25NO5. The summed E-state index contributed by atoms with van der Waals surface area (Å²) in [7, 11) is 0. The Morgan fingerprint density at radius 1 is 1.10 bits per heavy atom. The van der Waals surface area contributed by atoms with Gasteiger partial charge in [-0.2, -0.15) is 0 Å². The number of aliphatic carboxylic acids is 1. The molecule has 0 radical (unpaired) electrons. The van der Waals surface area contributed by atoms with E-state index in [1.807, 2.05) is 0 Å². The Hall–Kier alpha value is -2.86. The van der Waals surface area contributed by atoms with E-state index in [-0.39, 0.29) is 11.8 Å². The van der Waals surface area contributed by atoms with Gasteiger partial charge in [0.2, 0.25) is 5.43 Å². The first-order valence-corrected chi connectivity index (χ1v) is 10.2. The van der Waals surface area contributed by atoms with Crippen LogP contribution in [0.5, 0.6) is 5.75 Å². The summed E-state index contributed by atoms with van der Waals surface area (Å²) in [6.07, 6.45) is 4.64. The number of likely N-dealkylation sites (tertiary alicyclic amines) is 1. The van der Waals surface area contributed by atoms with E-state index in [1.165, 1.54) is 32.4 Å². The van der Waals surface area contributed by atoms with Crippen molar-refractivity contribution in [1.82, 2.24) is 4.90 Å². The van der Waals surface area contributed by atoms with E-state index in [0.29, 0.717) is 39.9 Å². The number of rotatable bonds is 7. The summed E-state index contributed by atoms with van der Waals surface area (Å²) in [4.78, 5) is 26.4. The molecule has 6 nitrogen and oxygen atoms in total. The lowest BCUT2D eigenvalue weighted by Gasteiger charge is -2.26. The first kappa shape index (κ1) is 19.5. The monoisotopic (exact) mass is 395 g/mol. The van der Waals surface area contributed by atoms with Crippen LogP contribution in [0.2, 0.25) is 0 Å². The molecule has 6 heteroatoms. The molecule has 0 spiro atoms. The maximum absolute atomic E-state index is 12.8. The van der Waals surface area contributed by atoms with Gasteiger partial charge in [0.15, 0.2) is 0 Å². The van der Waals surface area contributed by atoms with E-state index in [0.717, 1.165) is 13.0 Å². The molecule has 2 heterocycles. The third kappa shape index (κ3) is 4.43. The fourth-order valence-corrected chi connectivity index (χ4v) is 3.97. The number of carboxylic acids is 1. The summed E-state index contributed by atoms with van der Waals surface area (Å²) < 4.78 is 11.8. The van der Waals surface area contributed by atoms with Crippen LogP contribution < -0.4 is 10.2 Å². The maximum atomic E-state index is 12.8. The fraction of sp³-hybridized carbons (Fsp3) is 0.391. The largest absolute Gasteiger partial charge is 0.493 e. The van der Waals surface area contributed by atoms with Crippen LogP contribution in [0.25, 0.3) is 21.9 Å². The number of hydrogen-bond donors (Lipinski definition) is 1. The lowest BCUT2D eigenvalue weighted by Crippen LogP contribution is -2.31. The molecule has 0 saturated carbocycles. The van der Waals surface area contributed by atoms with Crippen molar-refractivity contribution in [3.8, 4) is 5.75 Å². The van der Waals surface area contributed by atoms with Crippen molar-refractivity contribution >= 4 is 27.9 Å². The van der Waals surface area contributed by atoms with Gasteiger partial charge in [-0.1, -0.05) is 18.6 Å². The molecule has 152 valence electrons. The quantitative estimate of drug-likeness (QED) is 0.484. The normalized spacial score (nSPS) is 15.0. The minimum atomic E-state index is -0.967. The topological polar surface area (TPSA) is 80.0 Å². The lowest BCUT2D eigenvalue weighted by molar-refractivity contribution is -0.136. The smallest absolute Gasteiger partial charge is 0.307 e. The summed E-state index contributed by atoms with van der Waals surface area (Å²) in [6.45, 7) is 3.98. The minimum absolute atomic E-state index is 0.162. The Morgan fingerprint density at radius 2 is 1.93 bits per heavy atom. The van der Waals surface area contributed by atoms with Gasteiger partial charge < -0.3 is 19.2 Å². The zero-order chi connectivity index (χ0) is 20.2. The van der Waals surface area contributed by atoms with Gasteiger partial charge in [0.25, 0.3) is 0 Å². The molecule has 1 N–H and O–H groups in total. The molecule has 2 aromatic carbocycles. The third-order valence-electron chi connectivity index (χ3n) is 5.43. The number of piperidine rings is 1. The molecular weight excluding hydrogens is 370 g/mol. The van der Waals surface area contributed by atoms with Crippen molar-refractivity contribution in [3.63, 3.8) is 0 Å². The molecule has 0 aliphatic carbocycles. The van der Waals surface area contributed by atoms with Gasteiger partial charge in [-0.05, 0) is 50.6 Å². The van der Waals surface area contributed by atoms with Gasteiger partial charge >= 0.3 is 5.97 Å². The molecule has 1 saturated heterocycles. The summed E-state index contributed by atoms with van der Waals surface area (Å²) in [6, 6.07) is 10.2. The average molecular weight is 395 g/mol. The van der Waals surface area contributed by atoms with Crippen molar-refractivity contribution in [2.24, 2.45) is 0 Å². The Morgan fingerprint density at radius 3 is 2.72 bits per heavy atom. The second-order valence-electron chi connectivity index (χ2n) is 7.56. The van der Waals surface area contributed by atoms with Crippen molar-refractivity contribution in [2.75, 3.05) is 26.2 Å². The van der Waals surface area contributed by atoms with E-state index in [2.05, 4.69) is 4.90 Å². The molecule has 4 rings (SSSR count). The predicted octanol–water partition coefficient (Wildman–Crippen LogP) is 3.83. The summed E-state index contributed by atoms with van der Waals surface area (Å²) in [5.74, 6) is -0.319. The molecule has 3 aromatic rings. The Labute approximate surface area is 168 Å². The number of carbonyl (C=O) groups is 1. The van der Waals surface area contributed by atoms with Crippen LogP contribution >= 0.6 is 0 Å². The van der Waals surface area contributed by atoms with E-state index in [1.54, 1.807) is 36.4 Å². The van der Waals surface area contributed by atoms with Crippen molar-refractivity contribution < 1.29 is 19.1 Å². The molecule has 1 aliphatic heterocycles. The second kappa shape index (κ2) is 8.66. The standard InChI is InChI=1S/C23H25NO5/c25-21(26)14-16-6-4-7-19-22(27)18-9-8-17(15-20(18)29-23(16)19)28-13-5-12-24-10-2-1-3-11-24/h4,6-9,15H,1-3,5,10-14H2,(H,25,26). The first-order valence-electron chi connectivity index (χ1n) is 10.2. The highest BCUT2D eigenvalue weighted by Crippen LogP contribution is 2.25. The van der Waals surface area contributed by atoms with Gasteiger partial charge in [0.1, 0.15) is 16.9 Å². The Kier molecular flexibility index (Phi) is 5.81. The highest BCUT2D eigenvalue weighted by atomic mass is 16.5. The first-order chi connectivity index (χ1) is 14.1. The third-order valence-corrected chi connectivity index (χ3v) is 5.43. The maximum Gasteiger partial charge on any atom is 0.307 e. The summed E-state index contributed by atoms with van der Waals surface area (Å²) in [5, 5.41) is 9.98. The number of benzene rings is 2. The minimum Gasteiger partial charge on any atom is -0.493 e. The van der Waals surface area contributed by atoms with E-state index in [4.69, 9.17) is 14.3 Å². The van der Waals surface area contributed by atoms with Gasteiger partial charge in [-0.25, -0.2) is 0 Å². The number of carboxylic acid groups (broad SMARTS) is 1. The molecule has 29 heavy (non-hydrogen) atoms. The van der Waals surface area contributed by atoms with Crippen molar-refractivity contribution in [2.45, 2.75) is 32.1 Å². The van der Waals surface area contributed by atoms with Crippen LogP contribution in [0.1, 0.15) is 31.2 Å². The van der Waals surface area contributed by atoms with Gasteiger partial charge in [0.05, 0.1) is 23.8 Å². The van der Waals surface area contributed by atoms with Crippen LogP contribution in [0.4, 0.5) is 0 Å². The SMILES string of the molecule is O=C(O)Cc1cccc2c(=O)c3ccc(OCCCN4CCCCC4)cc3oc12. The molecule has 0 atom stereocenters. The van der Waals surface area contributed by atoms with E-state index in [9.17, 15) is 9.59 Å². The molecule has 1 aromatic heterocycles. The molecule has 1 fully saturated rings. The molecule has 0 bridgehead atoms. The van der Waals surface area contributed by atoms with Crippen LogP contribution in [0, 0.1) is 0 Å². The van der Waals surface area contributed by atoms with Crippen molar-refractivity contribution in [3.05, 3.63) is 52.2 Å². The highest BCUT2D eigenvalue weighted by Gasteiger charge is 2.14. The Bertz CT molecular complexity index is 1080. The summed E-state index contributed by atoms with van der Waals surface area (Å²) >= 11 is 0. The fourth-order valence-electron chi connectivity index (χ4n) is 3.97. The van der Waals surface area contributed by atoms with Crippen LogP contribution in [0.3, 0.4) is 0 Å². The van der Waals surface area contributed by atoms with E-state index >= 15 is 0 Å². The molecule has 0 unspecified atom stereocenters.